The molecule has 1 aliphatic carbocycles. The van der Waals surface area contributed by atoms with Crippen molar-refractivity contribution >= 4 is 26.9 Å². The topological polar surface area (TPSA) is 101 Å². The minimum absolute atomic E-state index is 0.0677. The van der Waals surface area contributed by atoms with Crippen LogP contribution in [-0.2, 0) is 10.2 Å². The van der Waals surface area contributed by atoms with E-state index in [2.05, 4.69) is 45.6 Å². The second-order valence-corrected chi connectivity index (χ2v) is 8.86. The van der Waals surface area contributed by atoms with Crippen molar-refractivity contribution in [3.63, 3.8) is 0 Å². The molecule has 0 spiro atoms. The smallest absolute Gasteiger partial charge is 0.274 e. The lowest BCUT2D eigenvalue weighted by molar-refractivity contribution is 0.249. The molecular formula is C17H23N5O2S. The third kappa shape index (κ3) is 3.09. The van der Waals surface area contributed by atoms with Crippen LogP contribution < -0.4 is 14.8 Å². The van der Waals surface area contributed by atoms with Crippen molar-refractivity contribution in [1.29, 1.82) is 0 Å². The molecule has 4 rings (SSSR count). The lowest BCUT2D eigenvalue weighted by Crippen LogP contribution is -2.54. The fourth-order valence-corrected chi connectivity index (χ4v) is 4.22. The van der Waals surface area contributed by atoms with Gasteiger partial charge in [0.2, 0.25) is 0 Å². The number of nitrogens with one attached hydrogen (secondary N) is 1. The van der Waals surface area contributed by atoms with E-state index in [-0.39, 0.29) is 5.41 Å². The van der Waals surface area contributed by atoms with Gasteiger partial charge in [0.05, 0.1) is 5.52 Å². The summed E-state index contributed by atoms with van der Waals surface area (Å²) in [5, 5.41) is 6.15. The first-order chi connectivity index (χ1) is 11.8. The number of anilines is 1. The van der Waals surface area contributed by atoms with Crippen LogP contribution in [0.4, 0.5) is 5.82 Å². The van der Waals surface area contributed by atoms with Crippen molar-refractivity contribution in [2.45, 2.75) is 26.7 Å². The van der Waals surface area contributed by atoms with Gasteiger partial charge >= 0.3 is 0 Å². The highest BCUT2D eigenvalue weighted by Gasteiger charge is 2.53. The number of benzene rings is 1. The predicted octanol–water partition coefficient (Wildman–Crippen LogP) is 1.26. The van der Waals surface area contributed by atoms with E-state index in [9.17, 15) is 8.42 Å². The van der Waals surface area contributed by atoms with Gasteiger partial charge in [-0.1, -0.05) is 0 Å². The number of nitrogens with zero attached hydrogens (tertiary/aromatic N) is 3. The van der Waals surface area contributed by atoms with Gasteiger partial charge in [-0.3, -0.25) is 0 Å². The summed E-state index contributed by atoms with van der Waals surface area (Å²) in [6, 6.07) is 4.26. The number of aromatic nitrogens is 2. The number of hydrogen-bond donors (Lipinski definition) is 2. The van der Waals surface area contributed by atoms with Gasteiger partial charge in [-0.05, 0) is 55.4 Å². The number of hydrogen-bond acceptors (Lipinski definition) is 5. The van der Waals surface area contributed by atoms with Crippen LogP contribution in [0.3, 0.4) is 0 Å². The summed E-state index contributed by atoms with van der Waals surface area (Å²) >= 11 is 0. The van der Waals surface area contributed by atoms with Gasteiger partial charge < -0.3 is 4.90 Å². The highest BCUT2D eigenvalue weighted by atomic mass is 32.2. The van der Waals surface area contributed by atoms with Gasteiger partial charge in [0.15, 0.2) is 0 Å². The molecule has 1 saturated heterocycles. The zero-order chi connectivity index (χ0) is 17.8. The Morgan fingerprint density at radius 2 is 1.92 bits per heavy atom. The van der Waals surface area contributed by atoms with Gasteiger partial charge in [-0.15, -0.1) is 0 Å². The Bertz CT molecular complexity index is 933. The maximum Gasteiger partial charge on any atom is 0.274 e. The van der Waals surface area contributed by atoms with Gasteiger partial charge in [0.25, 0.3) is 10.2 Å². The van der Waals surface area contributed by atoms with Crippen LogP contribution in [0.2, 0.25) is 0 Å². The molecule has 1 saturated carbocycles. The van der Waals surface area contributed by atoms with Gasteiger partial charge in [0.1, 0.15) is 12.1 Å². The Kier molecular flexibility index (Phi) is 3.75. The molecule has 7 nitrogen and oxygen atoms in total. The average Bonchev–Trinajstić information content (AvgIpc) is 3.26. The molecule has 3 N–H and O–H groups in total. The maximum atomic E-state index is 11.2. The zero-order valence-corrected chi connectivity index (χ0v) is 15.3. The summed E-state index contributed by atoms with van der Waals surface area (Å²) < 4.78 is 24.8. The Morgan fingerprint density at radius 1 is 1.24 bits per heavy atom. The molecule has 1 aromatic carbocycles. The summed E-state index contributed by atoms with van der Waals surface area (Å²) in [5.41, 5.74) is 3.49. The number of aryl methyl sites for hydroxylation is 2. The Labute approximate surface area is 147 Å². The number of fused-ring (bicyclic) bond motifs is 1. The molecule has 8 heteroatoms. The number of rotatable bonds is 5. The molecule has 0 amide bonds. The summed E-state index contributed by atoms with van der Waals surface area (Å²) in [7, 11) is -3.62. The molecule has 1 aliphatic heterocycles. The molecule has 2 aliphatic rings. The molecule has 0 bridgehead atoms. The van der Waals surface area contributed by atoms with Gasteiger partial charge in [0, 0.05) is 30.9 Å². The first-order valence-electron chi connectivity index (χ1n) is 8.52. The van der Waals surface area contributed by atoms with Crippen molar-refractivity contribution < 1.29 is 8.42 Å². The molecular weight excluding hydrogens is 338 g/mol. The molecule has 1 aromatic heterocycles. The second-order valence-electron chi connectivity index (χ2n) is 7.48. The van der Waals surface area contributed by atoms with Gasteiger partial charge in [-0.25, -0.2) is 19.8 Å². The van der Waals surface area contributed by atoms with E-state index in [1.165, 1.54) is 11.1 Å². The van der Waals surface area contributed by atoms with Crippen molar-refractivity contribution in [1.82, 2.24) is 14.7 Å². The monoisotopic (exact) mass is 361 g/mol. The van der Waals surface area contributed by atoms with E-state index in [4.69, 9.17) is 5.14 Å². The average molecular weight is 361 g/mol. The summed E-state index contributed by atoms with van der Waals surface area (Å²) in [4.78, 5) is 11.2. The van der Waals surface area contributed by atoms with Gasteiger partial charge in [-0.2, -0.15) is 8.42 Å². The van der Waals surface area contributed by atoms with Crippen molar-refractivity contribution in [3.05, 3.63) is 29.6 Å². The fraction of sp³-hybridized carbons (Fsp3) is 0.529. The van der Waals surface area contributed by atoms with Crippen LogP contribution in [0, 0.1) is 25.2 Å². The van der Waals surface area contributed by atoms with Crippen molar-refractivity contribution in [2.24, 2.45) is 16.5 Å². The lowest BCUT2D eigenvalue weighted by atomic mass is 9.82. The fourth-order valence-electron chi connectivity index (χ4n) is 3.73. The Hall–Kier alpha value is -1.77. The van der Waals surface area contributed by atoms with E-state index in [0.717, 1.165) is 42.7 Å². The van der Waals surface area contributed by atoms with Crippen molar-refractivity contribution in [2.75, 3.05) is 24.5 Å². The molecule has 134 valence electrons. The SMILES string of the molecule is Cc1cc2ncnc(N3CC(C4(CNS(N)(=O)=O)CC4)C3)c2cc1C. The molecule has 2 heterocycles. The quantitative estimate of drug-likeness (QED) is 0.835. The lowest BCUT2D eigenvalue weighted by Gasteiger charge is -2.45. The molecule has 25 heavy (non-hydrogen) atoms. The van der Waals surface area contributed by atoms with Crippen LogP contribution in [0.1, 0.15) is 24.0 Å². The highest BCUT2D eigenvalue weighted by molar-refractivity contribution is 7.87. The zero-order valence-electron chi connectivity index (χ0n) is 14.5. The summed E-state index contributed by atoms with van der Waals surface area (Å²) in [6.07, 6.45) is 3.73. The standard InChI is InChI=1S/C17H23N5O2S/c1-11-5-14-15(6-12(11)2)19-10-20-16(14)22-7-13(8-22)17(3-4-17)9-21-25(18,23)24/h5-6,10,13,21H,3-4,7-9H2,1-2H3,(H2,18,23,24). The number of nitrogens with two attached hydrogens (primary N) is 1. The van der Waals surface area contributed by atoms with Crippen LogP contribution in [0.25, 0.3) is 10.9 Å². The van der Waals surface area contributed by atoms with Crippen molar-refractivity contribution in [3.8, 4) is 0 Å². The largest absolute Gasteiger partial charge is 0.355 e. The highest BCUT2D eigenvalue weighted by Crippen LogP contribution is 2.55. The Balaban J connectivity index is 1.51. The van der Waals surface area contributed by atoms with E-state index >= 15 is 0 Å². The molecule has 2 fully saturated rings. The second kappa shape index (κ2) is 5.62. The third-order valence-corrected chi connectivity index (χ3v) is 6.34. The molecule has 0 unspecified atom stereocenters. The van der Waals surface area contributed by atoms with E-state index in [0.29, 0.717) is 12.5 Å². The third-order valence-electron chi connectivity index (χ3n) is 5.79. The normalized spacial score (nSPS) is 19.9. The van der Waals surface area contributed by atoms with Crippen LogP contribution in [0.5, 0.6) is 0 Å². The van der Waals surface area contributed by atoms with Crippen LogP contribution in [-0.4, -0.2) is 38.0 Å². The minimum atomic E-state index is -3.62. The van der Waals surface area contributed by atoms with Crippen LogP contribution >= 0.6 is 0 Å². The summed E-state index contributed by atoms with van der Waals surface area (Å²) in [6.45, 7) is 6.41. The first-order valence-corrected chi connectivity index (χ1v) is 10.1. The predicted molar refractivity (Wildman–Crippen MR) is 97.5 cm³/mol. The van der Waals surface area contributed by atoms with E-state index in [1.54, 1.807) is 6.33 Å². The summed E-state index contributed by atoms with van der Waals surface area (Å²) in [5.74, 6) is 1.44. The molecule has 2 aromatic rings. The molecule has 0 atom stereocenters. The Morgan fingerprint density at radius 3 is 2.56 bits per heavy atom. The maximum absolute atomic E-state index is 11.2. The minimum Gasteiger partial charge on any atom is -0.355 e. The first kappa shape index (κ1) is 16.7. The van der Waals surface area contributed by atoms with E-state index in [1.807, 2.05) is 0 Å². The van der Waals surface area contributed by atoms with Crippen LogP contribution in [0.15, 0.2) is 18.5 Å². The molecule has 0 radical (unpaired) electrons. The van der Waals surface area contributed by atoms with E-state index < -0.39 is 10.2 Å².